The lowest BCUT2D eigenvalue weighted by Gasteiger charge is -2.39. The number of amides is 1. The topological polar surface area (TPSA) is 35.6 Å². The standard InChI is InChI=1S/C23H31N3O/c1-17-8-10-21(11-9-17)16-24-23(27)20(4)25-12-14-26(15-13-25)22-7-5-6-18(2)19(22)3/h5-11,20H,12-16H2,1-4H3,(H,24,27)/t20-/m1/s1. The van der Waals surface area contributed by atoms with Gasteiger partial charge in [0.15, 0.2) is 0 Å². The molecule has 27 heavy (non-hydrogen) atoms. The van der Waals surface area contributed by atoms with Crippen molar-refractivity contribution in [3.8, 4) is 0 Å². The number of aryl methyl sites for hydroxylation is 2. The van der Waals surface area contributed by atoms with E-state index in [2.05, 4.69) is 78.4 Å². The fraction of sp³-hybridized carbons (Fsp3) is 0.435. The zero-order valence-corrected chi connectivity index (χ0v) is 17.0. The molecular formula is C23H31N3O. The van der Waals surface area contributed by atoms with Gasteiger partial charge in [0.25, 0.3) is 0 Å². The van der Waals surface area contributed by atoms with Crippen LogP contribution < -0.4 is 10.2 Å². The van der Waals surface area contributed by atoms with Gasteiger partial charge in [-0.15, -0.1) is 0 Å². The predicted octanol–water partition coefficient (Wildman–Crippen LogP) is 3.44. The SMILES string of the molecule is Cc1ccc(CNC(=O)[C@@H](C)N2CCN(c3cccc(C)c3C)CC2)cc1. The van der Waals surface area contributed by atoms with Gasteiger partial charge in [-0.2, -0.15) is 0 Å². The van der Waals surface area contributed by atoms with Gasteiger partial charge in [0.2, 0.25) is 5.91 Å². The maximum absolute atomic E-state index is 12.6. The van der Waals surface area contributed by atoms with Crippen LogP contribution in [-0.2, 0) is 11.3 Å². The first-order valence-electron chi connectivity index (χ1n) is 9.84. The highest BCUT2D eigenvalue weighted by atomic mass is 16.2. The average Bonchev–Trinajstić information content (AvgIpc) is 2.69. The fourth-order valence-corrected chi connectivity index (χ4v) is 3.64. The van der Waals surface area contributed by atoms with E-state index in [1.54, 1.807) is 0 Å². The number of anilines is 1. The molecule has 0 aromatic heterocycles. The molecule has 0 aliphatic carbocycles. The van der Waals surface area contributed by atoms with Gasteiger partial charge in [-0.3, -0.25) is 9.69 Å². The number of rotatable bonds is 5. The van der Waals surface area contributed by atoms with Crippen LogP contribution in [-0.4, -0.2) is 43.0 Å². The number of nitrogens with one attached hydrogen (secondary N) is 1. The van der Waals surface area contributed by atoms with Gasteiger partial charge >= 0.3 is 0 Å². The Morgan fingerprint density at radius 3 is 2.33 bits per heavy atom. The molecule has 1 atom stereocenters. The molecule has 1 N–H and O–H groups in total. The minimum Gasteiger partial charge on any atom is -0.369 e. The molecule has 1 heterocycles. The smallest absolute Gasteiger partial charge is 0.237 e. The first-order chi connectivity index (χ1) is 13.0. The summed E-state index contributed by atoms with van der Waals surface area (Å²) in [5, 5.41) is 3.08. The predicted molar refractivity (Wildman–Crippen MR) is 112 cm³/mol. The summed E-state index contributed by atoms with van der Waals surface area (Å²) >= 11 is 0. The van der Waals surface area contributed by atoms with E-state index in [0.717, 1.165) is 31.7 Å². The molecule has 1 amide bonds. The molecule has 1 aliphatic rings. The zero-order valence-electron chi connectivity index (χ0n) is 17.0. The molecular weight excluding hydrogens is 334 g/mol. The van der Waals surface area contributed by atoms with Crippen molar-refractivity contribution in [3.05, 3.63) is 64.7 Å². The minimum absolute atomic E-state index is 0.101. The molecule has 0 bridgehead atoms. The Hall–Kier alpha value is -2.33. The number of benzene rings is 2. The van der Waals surface area contributed by atoms with E-state index >= 15 is 0 Å². The lowest BCUT2D eigenvalue weighted by Crippen LogP contribution is -2.54. The summed E-state index contributed by atoms with van der Waals surface area (Å²) in [6.45, 7) is 12.8. The molecule has 1 saturated heterocycles. The maximum atomic E-state index is 12.6. The van der Waals surface area contributed by atoms with Crippen LogP contribution in [0.3, 0.4) is 0 Å². The maximum Gasteiger partial charge on any atom is 0.237 e. The lowest BCUT2D eigenvalue weighted by atomic mass is 10.1. The number of piperazine rings is 1. The normalized spacial score (nSPS) is 16.2. The number of hydrogen-bond acceptors (Lipinski definition) is 3. The summed E-state index contributed by atoms with van der Waals surface area (Å²) in [7, 11) is 0. The van der Waals surface area contributed by atoms with E-state index in [1.807, 2.05) is 6.92 Å². The van der Waals surface area contributed by atoms with Gasteiger partial charge < -0.3 is 10.2 Å². The molecule has 2 aromatic carbocycles. The fourth-order valence-electron chi connectivity index (χ4n) is 3.64. The second-order valence-electron chi connectivity index (χ2n) is 7.62. The molecule has 4 nitrogen and oxygen atoms in total. The van der Waals surface area contributed by atoms with Crippen LogP contribution in [0.25, 0.3) is 0 Å². The first kappa shape index (κ1) is 19.4. The minimum atomic E-state index is -0.101. The van der Waals surface area contributed by atoms with Crippen molar-refractivity contribution in [2.75, 3.05) is 31.1 Å². The molecule has 0 spiro atoms. The number of nitrogens with zero attached hydrogens (tertiary/aromatic N) is 2. The highest BCUT2D eigenvalue weighted by Crippen LogP contribution is 2.24. The van der Waals surface area contributed by atoms with Crippen LogP contribution in [0.2, 0.25) is 0 Å². The molecule has 1 aliphatic heterocycles. The Balaban J connectivity index is 1.51. The van der Waals surface area contributed by atoms with Gasteiger partial charge in [-0.25, -0.2) is 0 Å². The van der Waals surface area contributed by atoms with Crippen LogP contribution in [0.5, 0.6) is 0 Å². The summed E-state index contributed by atoms with van der Waals surface area (Å²) < 4.78 is 0. The second kappa shape index (κ2) is 8.57. The van der Waals surface area contributed by atoms with Crippen molar-refractivity contribution in [2.24, 2.45) is 0 Å². The van der Waals surface area contributed by atoms with E-state index < -0.39 is 0 Å². The van der Waals surface area contributed by atoms with E-state index in [-0.39, 0.29) is 11.9 Å². The number of carbonyl (C=O) groups is 1. The lowest BCUT2D eigenvalue weighted by molar-refractivity contribution is -0.126. The van der Waals surface area contributed by atoms with Crippen LogP contribution >= 0.6 is 0 Å². The van der Waals surface area contributed by atoms with Gasteiger partial charge in [0.1, 0.15) is 0 Å². The van der Waals surface area contributed by atoms with Gasteiger partial charge in [0, 0.05) is 38.4 Å². The van der Waals surface area contributed by atoms with Crippen molar-refractivity contribution in [3.63, 3.8) is 0 Å². The van der Waals surface area contributed by atoms with Crippen LogP contribution in [0.15, 0.2) is 42.5 Å². The van der Waals surface area contributed by atoms with Crippen LogP contribution in [0.1, 0.15) is 29.2 Å². The first-order valence-corrected chi connectivity index (χ1v) is 9.84. The van der Waals surface area contributed by atoms with Crippen molar-refractivity contribution in [2.45, 2.75) is 40.3 Å². The third-order valence-corrected chi connectivity index (χ3v) is 5.75. The van der Waals surface area contributed by atoms with E-state index in [4.69, 9.17) is 0 Å². The van der Waals surface area contributed by atoms with Crippen molar-refractivity contribution >= 4 is 11.6 Å². The second-order valence-corrected chi connectivity index (χ2v) is 7.62. The molecule has 2 aromatic rings. The van der Waals surface area contributed by atoms with Gasteiger partial charge in [-0.1, -0.05) is 42.0 Å². The largest absolute Gasteiger partial charge is 0.369 e. The van der Waals surface area contributed by atoms with Gasteiger partial charge in [0.05, 0.1) is 6.04 Å². The highest BCUT2D eigenvalue weighted by molar-refractivity contribution is 5.81. The monoisotopic (exact) mass is 365 g/mol. The van der Waals surface area contributed by atoms with Crippen LogP contribution in [0.4, 0.5) is 5.69 Å². The Bertz CT molecular complexity index is 777. The average molecular weight is 366 g/mol. The Kier molecular flexibility index (Phi) is 6.17. The molecule has 0 unspecified atom stereocenters. The molecule has 4 heteroatoms. The van der Waals surface area contributed by atoms with E-state index in [1.165, 1.54) is 22.4 Å². The molecule has 0 radical (unpaired) electrons. The highest BCUT2D eigenvalue weighted by Gasteiger charge is 2.26. The molecule has 0 saturated carbocycles. The zero-order chi connectivity index (χ0) is 19.4. The summed E-state index contributed by atoms with van der Waals surface area (Å²) in [6, 6.07) is 14.7. The molecule has 1 fully saturated rings. The molecule has 3 rings (SSSR count). The number of carbonyl (C=O) groups excluding carboxylic acids is 1. The van der Waals surface area contributed by atoms with Crippen molar-refractivity contribution in [1.82, 2.24) is 10.2 Å². The summed E-state index contributed by atoms with van der Waals surface area (Å²) in [5.41, 5.74) is 6.39. The Morgan fingerprint density at radius 1 is 1.00 bits per heavy atom. The summed E-state index contributed by atoms with van der Waals surface area (Å²) in [4.78, 5) is 17.3. The summed E-state index contributed by atoms with van der Waals surface area (Å²) in [6.07, 6.45) is 0. The van der Waals surface area contributed by atoms with E-state index in [0.29, 0.717) is 6.54 Å². The molecule has 144 valence electrons. The van der Waals surface area contributed by atoms with Crippen molar-refractivity contribution < 1.29 is 4.79 Å². The Morgan fingerprint density at radius 2 is 1.67 bits per heavy atom. The third-order valence-electron chi connectivity index (χ3n) is 5.75. The Labute approximate surface area is 163 Å². The van der Waals surface area contributed by atoms with Crippen LogP contribution in [0, 0.1) is 20.8 Å². The third kappa shape index (κ3) is 4.69. The summed E-state index contributed by atoms with van der Waals surface area (Å²) in [5.74, 6) is 0.107. The quantitative estimate of drug-likeness (QED) is 0.882. The van der Waals surface area contributed by atoms with Crippen molar-refractivity contribution in [1.29, 1.82) is 0 Å². The van der Waals surface area contributed by atoms with E-state index in [9.17, 15) is 4.79 Å². The van der Waals surface area contributed by atoms with Gasteiger partial charge in [-0.05, 0) is 50.5 Å². The number of hydrogen-bond donors (Lipinski definition) is 1.